The number of benzene rings is 3. The number of amides is 1. The van der Waals surface area contributed by atoms with Crippen LogP contribution in [0.25, 0.3) is 22.9 Å². The third kappa shape index (κ3) is 4.56. The first kappa shape index (κ1) is 20.2. The SMILES string of the molecule is COc1ccc(CNC(=O)c2ccc(-c3nnc(-c4ccccc4)o3)cc2)cc1OC. The van der Waals surface area contributed by atoms with E-state index in [9.17, 15) is 4.79 Å². The molecule has 0 bridgehead atoms. The van der Waals surface area contributed by atoms with Crippen LogP contribution >= 0.6 is 0 Å². The quantitative estimate of drug-likeness (QED) is 0.483. The minimum Gasteiger partial charge on any atom is -0.493 e. The van der Waals surface area contributed by atoms with Crippen molar-refractivity contribution >= 4 is 5.91 Å². The van der Waals surface area contributed by atoms with Gasteiger partial charge >= 0.3 is 0 Å². The lowest BCUT2D eigenvalue weighted by Crippen LogP contribution is -2.22. The molecule has 156 valence electrons. The first-order valence-corrected chi connectivity index (χ1v) is 9.66. The Morgan fingerprint density at radius 3 is 2.13 bits per heavy atom. The maximum absolute atomic E-state index is 12.5. The number of nitrogens with one attached hydrogen (secondary N) is 1. The summed E-state index contributed by atoms with van der Waals surface area (Å²) in [6, 6.07) is 22.1. The second kappa shape index (κ2) is 9.13. The topological polar surface area (TPSA) is 86.5 Å². The lowest BCUT2D eigenvalue weighted by atomic mass is 10.1. The molecule has 1 amide bonds. The summed E-state index contributed by atoms with van der Waals surface area (Å²) < 4.78 is 16.3. The molecular weight excluding hydrogens is 394 g/mol. The van der Waals surface area contributed by atoms with Crippen LogP contribution in [-0.2, 0) is 6.54 Å². The van der Waals surface area contributed by atoms with Crippen LogP contribution in [0.3, 0.4) is 0 Å². The van der Waals surface area contributed by atoms with Crippen LogP contribution in [0.1, 0.15) is 15.9 Å². The van der Waals surface area contributed by atoms with E-state index in [0.717, 1.165) is 16.7 Å². The van der Waals surface area contributed by atoms with E-state index >= 15 is 0 Å². The largest absolute Gasteiger partial charge is 0.493 e. The van der Waals surface area contributed by atoms with Crippen molar-refractivity contribution in [3.63, 3.8) is 0 Å². The van der Waals surface area contributed by atoms with E-state index < -0.39 is 0 Å². The van der Waals surface area contributed by atoms with Gasteiger partial charge in [-0.15, -0.1) is 10.2 Å². The van der Waals surface area contributed by atoms with Crippen LogP contribution in [-0.4, -0.2) is 30.3 Å². The van der Waals surface area contributed by atoms with Gasteiger partial charge in [-0.05, 0) is 54.1 Å². The lowest BCUT2D eigenvalue weighted by molar-refractivity contribution is 0.0951. The van der Waals surface area contributed by atoms with Gasteiger partial charge < -0.3 is 19.2 Å². The van der Waals surface area contributed by atoms with Gasteiger partial charge in [-0.3, -0.25) is 4.79 Å². The Bertz CT molecular complexity index is 1170. The summed E-state index contributed by atoms with van der Waals surface area (Å²) >= 11 is 0. The summed E-state index contributed by atoms with van der Waals surface area (Å²) in [6.45, 7) is 0.366. The highest BCUT2D eigenvalue weighted by atomic mass is 16.5. The Morgan fingerprint density at radius 1 is 0.839 bits per heavy atom. The molecule has 1 aromatic heterocycles. The zero-order chi connectivity index (χ0) is 21.6. The van der Waals surface area contributed by atoms with Crippen molar-refractivity contribution in [3.05, 3.63) is 83.9 Å². The molecule has 0 aliphatic rings. The zero-order valence-electron chi connectivity index (χ0n) is 17.2. The highest BCUT2D eigenvalue weighted by Crippen LogP contribution is 2.27. The van der Waals surface area contributed by atoms with Gasteiger partial charge in [0.05, 0.1) is 14.2 Å². The molecule has 0 atom stereocenters. The fourth-order valence-corrected chi connectivity index (χ4v) is 3.08. The van der Waals surface area contributed by atoms with Crippen molar-refractivity contribution < 1.29 is 18.7 Å². The number of aromatic nitrogens is 2. The van der Waals surface area contributed by atoms with E-state index in [4.69, 9.17) is 13.9 Å². The average Bonchev–Trinajstić information content (AvgIpc) is 3.33. The van der Waals surface area contributed by atoms with Crippen molar-refractivity contribution in [2.24, 2.45) is 0 Å². The molecule has 7 nitrogen and oxygen atoms in total. The molecule has 3 aromatic carbocycles. The van der Waals surface area contributed by atoms with Crippen LogP contribution in [0.5, 0.6) is 11.5 Å². The summed E-state index contributed by atoms with van der Waals surface area (Å²) in [5.41, 5.74) is 3.03. The van der Waals surface area contributed by atoms with Crippen molar-refractivity contribution in [2.75, 3.05) is 14.2 Å². The lowest BCUT2D eigenvalue weighted by Gasteiger charge is -2.10. The molecule has 0 aliphatic heterocycles. The second-order valence-corrected chi connectivity index (χ2v) is 6.73. The molecular formula is C24H21N3O4. The molecule has 0 radical (unpaired) electrons. The molecule has 0 saturated heterocycles. The van der Waals surface area contributed by atoms with Crippen molar-refractivity contribution in [2.45, 2.75) is 6.54 Å². The molecule has 7 heteroatoms. The van der Waals surface area contributed by atoms with Gasteiger partial charge in [-0.2, -0.15) is 0 Å². The molecule has 4 aromatic rings. The fraction of sp³-hybridized carbons (Fsp3) is 0.125. The average molecular weight is 415 g/mol. The Balaban J connectivity index is 1.41. The van der Waals surface area contributed by atoms with E-state index in [1.807, 2.05) is 48.5 Å². The number of carbonyl (C=O) groups excluding carboxylic acids is 1. The van der Waals surface area contributed by atoms with E-state index in [2.05, 4.69) is 15.5 Å². The van der Waals surface area contributed by atoms with Gasteiger partial charge in [0.1, 0.15) is 0 Å². The van der Waals surface area contributed by atoms with Gasteiger partial charge in [-0.25, -0.2) is 0 Å². The molecule has 0 unspecified atom stereocenters. The smallest absolute Gasteiger partial charge is 0.251 e. The third-order valence-electron chi connectivity index (χ3n) is 4.74. The van der Waals surface area contributed by atoms with Crippen LogP contribution in [0.2, 0.25) is 0 Å². The number of methoxy groups -OCH3 is 2. The number of nitrogens with zero attached hydrogens (tertiary/aromatic N) is 2. The summed E-state index contributed by atoms with van der Waals surface area (Å²) in [5, 5.41) is 11.1. The van der Waals surface area contributed by atoms with Crippen LogP contribution < -0.4 is 14.8 Å². The number of rotatable bonds is 7. The third-order valence-corrected chi connectivity index (χ3v) is 4.74. The summed E-state index contributed by atoms with van der Waals surface area (Å²) in [4.78, 5) is 12.5. The normalized spacial score (nSPS) is 10.5. The molecule has 1 heterocycles. The van der Waals surface area contributed by atoms with Crippen molar-refractivity contribution in [1.82, 2.24) is 15.5 Å². The Labute approximate surface area is 179 Å². The highest BCUT2D eigenvalue weighted by Gasteiger charge is 2.12. The van der Waals surface area contributed by atoms with Crippen LogP contribution in [0, 0.1) is 0 Å². The first-order valence-electron chi connectivity index (χ1n) is 9.66. The number of hydrogen-bond acceptors (Lipinski definition) is 6. The maximum atomic E-state index is 12.5. The van der Waals surface area contributed by atoms with E-state index in [1.165, 1.54) is 0 Å². The second-order valence-electron chi connectivity index (χ2n) is 6.73. The Hall–Kier alpha value is -4.13. The van der Waals surface area contributed by atoms with Gasteiger partial charge in [0.2, 0.25) is 11.8 Å². The minimum atomic E-state index is -0.183. The van der Waals surface area contributed by atoms with E-state index in [-0.39, 0.29) is 5.91 Å². The molecule has 1 N–H and O–H groups in total. The molecule has 4 rings (SSSR count). The molecule has 0 saturated carbocycles. The summed E-state index contributed by atoms with van der Waals surface area (Å²) in [5.74, 6) is 1.93. The van der Waals surface area contributed by atoms with E-state index in [1.54, 1.807) is 38.5 Å². The fourth-order valence-electron chi connectivity index (χ4n) is 3.08. The van der Waals surface area contributed by atoms with Gasteiger partial charge in [0.15, 0.2) is 11.5 Å². The first-order chi connectivity index (χ1) is 15.2. The number of ether oxygens (including phenoxy) is 2. The predicted octanol–water partition coefficient (Wildman–Crippen LogP) is 4.35. The Morgan fingerprint density at radius 2 is 1.48 bits per heavy atom. The maximum Gasteiger partial charge on any atom is 0.251 e. The number of carbonyl (C=O) groups is 1. The summed E-state index contributed by atoms with van der Waals surface area (Å²) in [6.07, 6.45) is 0. The van der Waals surface area contributed by atoms with E-state index in [0.29, 0.717) is 35.4 Å². The standard InChI is InChI=1S/C24H21N3O4/c1-29-20-13-8-16(14-21(20)30-2)15-25-22(28)17-9-11-19(12-10-17)24-27-26-23(31-24)18-6-4-3-5-7-18/h3-14H,15H2,1-2H3,(H,25,28). The Kier molecular flexibility index (Phi) is 5.93. The van der Waals surface area contributed by atoms with Crippen molar-refractivity contribution in [3.8, 4) is 34.4 Å². The van der Waals surface area contributed by atoms with Gasteiger partial charge in [-0.1, -0.05) is 24.3 Å². The van der Waals surface area contributed by atoms with Gasteiger partial charge in [0, 0.05) is 23.2 Å². The predicted molar refractivity (Wildman–Crippen MR) is 116 cm³/mol. The van der Waals surface area contributed by atoms with Gasteiger partial charge in [0.25, 0.3) is 5.91 Å². The number of hydrogen-bond donors (Lipinski definition) is 1. The molecule has 0 spiro atoms. The molecule has 31 heavy (non-hydrogen) atoms. The molecule has 0 aliphatic carbocycles. The highest BCUT2D eigenvalue weighted by molar-refractivity contribution is 5.94. The molecule has 0 fully saturated rings. The zero-order valence-corrected chi connectivity index (χ0v) is 17.2. The van der Waals surface area contributed by atoms with Crippen molar-refractivity contribution in [1.29, 1.82) is 0 Å². The monoisotopic (exact) mass is 415 g/mol. The minimum absolute atomic E-state index is 0.183. The summed E-state index contributed by atoms with van der Waals surface area (Å²) in [7, 11) is 3.16. The van der Waals surface area contributed by atoms with Crippen LogP contribution in [0.4, 0.5) is 0 Å². The van der Waals surface area contributed by atoms with Crippen LogP contribution in [0.15, 0.2) is 77.2 Å².